The fourth-order valence-electron chi connectivity index (χ4n) is 3.19. The van der Waals surface area contributed by atoms with Gasteiger partial charge in [-0.1, -0.05) is 37.6 Å². The van der Waals surface area contributed by atoms with Gasteiger partial charge in [0.2, 0.25) is 0 Å². The van der Waals surface area contributed by atoms with Crippen LogP contribution in [0.1, 0.15) is 25.8 Å². The largest absolute Gasteiger partial charge is 0.396 e. The molecular formula is C20H24ClFN4O3S. The Hall–Kier alpha value is -2.10. The van der Waals surface area contributed by atoms with E-state index in [1.165, 1.54) is 29.4 Å². The lowest BCUT2D eigenvalue weighted by Crippen LogP contribution is -2.38. The van der Waals surface area contributed by atoms with E-state index in [2.05, 4.69) is 5.10 Å². The highest BCUT2D eigenvalue weighted by atomic mass is 35.5. The lowest BCUT2D eigenvalue weighted by molar-refractivity contribution is 0.296. The number of aliphatic hydroxyl groups excluding tert-OH is 1. The number of hydrogen-bond donors (Lipinski definition) is 1. The van der Waals surface area contributed by atoms with Gasteiger partial charge in [-0.3, -0.25) is 18.6 Å². The van der Waals surface area contributed by atoms with Gasteiger partial charge in [0.15, 0.2) is 5.65 Å². The van der Waals surface area contributed by atoms with Gasteiger partial charge in [-0.2, -0.15) is 5.10 Å². The second-order valence-electron chi connectivity index (χ2n) is 7.45. The zero-order valence-corrected chi connectivity index (χ0v) is 18.6. The van der Waals surface area contributed by atoms with E-state index >= 15 is 0 Å². The molecule has 2 aromatic heterocycles. The highest BCUT2D eigenvalue weighted by Crippen LogP contribution is 2.28. The van der Waals surface area contributed by atoms with E-state index in [1.807, 2.05) is 13.8 Å². The fourth-order valence-corrected chi connectivity index (χ4v) is 4.42. The molecule has 0 aliphatic heterocycles. The zero-order valence-electron chi connectivity index (χ0n) is 17.1. The molecule has 1 N–H and O–H groups in total. The summed E-state index contributed by atoms with van der Waals surface area (Å²) in [5, 5.41) is 14.6. The van der Waals surface area contributed by atoms with Gasteiger partial charge in [-0.05, 0) is 18.4 Å². The molecule has 0 radical (unpaired) electrons. The molecule has 7 nitrogen and oxygen atoms in total. The number of aliphatic hydroxyl groups is 1. The van der Waals surface area contributed by atoms with Gasteiger partial charge in [0.25, 0.3) is 5.56 Å². The molecule has 0 saturated carbocycles. The Balaban J connectivity index is 2.26. The first-order chi connectivity index (χ1) is 14.3. The quantitative estimate of drug-likeness (QED) is 0.418. The van der Waals surface area contributed by atoms with Crippen molar-refractivity contribution in [2.45, 2.75) is 38.4 Å². The number of benzene rings is 1. The van der Waals surface area contributed by atoms with Gasteiger partial charge in [0, 0.05) is 31.5 Å². The maximum atomic E-state index is 14.5. The van der Waals surface area contributed by atoms with Crippen molar-refractivity contribution in [1.82, 2.24) is 18.9 Å². The maximum Gasteiger partial charge on any atom is 0.332 e. The van der Waals surface area contributed by atoms with Crippen LogP contribution in [0, 0.1) is 11.7 Å². The van der Waals surface area contributed by atoms with Crippen LogP contribution < -0.4 is 11.2 Å². The zero-order chi connectivity index (χ0) is 22.0. The molecule has 3 aromatic rings. The second kappa shape index (κ2) is 9.36. The molecule has 0 spiro atoms. The van der Waals surface area contributed by atoms with Gasteiger partial charge in [-0.15, -0.1) is 11.8 Å². The monoisotopic (exact) mass is 454 g/mol. The summed E-state index contributed by atoms with van der Waals surface area (Å²) in [5.74, 6) is 0.156. The number of hydrogen-bond acceptors (Lipinski definition) is 5. The summed E-state index contributed by atoms with van der Waals surface area (Å²) in [5.41, 5.74) is -0.273. The Morgan fingerprint density at radius 2 is 2.03 bits per heavy atom. The molecule has 10 heteroatoms. The van der Waals surface area contributed by atoms with E-state index in [1.54, 1.807) is 16.8 Å². The van der Waals surface area contributed by atoms with Crippen LogP contribution in [0.5, 0.6) is 0 Å². The number of nitrogens with zero attached hydrogens (tertiary/aromatic N) is 4. The van der Waals surface area contributed by atoms with Crippen LogP contribution in [0.15, 0.2) is 32.8 Å². The Kier molecular flexibility index (Phi) is 7.05. The minimum Gasteiger partial charge on any atom is -0.396 e. The second-order valence-corrected chi connectivity index (χ2v) is 8.94. The standard InChI is InChI=1S/C20H24ClFN4O3S/c1-12(2)10-25-17-15(18(28)24(3)20(25)29)19(30-9-5-8-27)26(23-17)11-13-6-4-7-14(21)16(13)22/h4,6-7,12,27H,5,8-11H2,1-3H3. The SMILES string of the molecule is CC(C)Cn1c(=O)n(C)c(=O)c2c(SCCCO)n(Cc3cccc(Cl)c3F)nc21. The Morgan fingerprint density at radius 1 is 1.30 bits per heavy atom. The normalized spacial score (nSPS) is 11.7. The topological polar surface area (TPSA) is 82.0 Å². The van der Waals surface area contributed by atoms with E-state index < -0.39 is 17.1 Å². The van der Waals surface area contributed by atoms with Crippen molar-refractivity contribution in [3.05, 3.63) is 55.4 Å². The summed E-state index contributed by atoms with van der Waals surface area (Å²) in [4.78, 5) is 25.7. The van der Waals surface area contributed by atoms with Crippen LogP contribution in [-0.2, 0) is 20.1 Å². The van der Waals surface area contributed by atoms with Crippen molar-refractivity contribution in [2.24, 2.45) is 13.0 Å². The number of thioether (sulfide) groups is 1. The van der Waals surface area contributed by atoms with Gasteiger partial charge in [0.1, 0.15) is 16.2 Å². The average Bonchev–Trinajstić information content (AvgIpc) is 3.05. The number of rotatable bonds is 8. The highest BCUT2D eigenvalue weighted by molar-refractivity contribution is 7.99. The van der Waals surface area contributed by atoms with Crippen molar-refractivity contribution in [1.29, 1.82) is 0 Å². The van der Waals surface area contributed by atoms with Crippen LogP contribution in [-0.4, -0.2) is 36.4 Å². The summed E-state index contributed by atoms with van der Waals surface area (Å²) in [6.45, 7) is 4.41. The van der Waals surface area contributed by atoms with Crippen molar-refractivity contribution in [2.75, 3.05) is 12.4 Å². The van der Waals surface area contributed by atoms with E-state index in [4.69, 9.17) is 16.7 Å². The minimum atomic E-state index is -0.544. The van der Waals surface area contributed by atoms with Crippen LogP contribution in [0.25, 0.3) is 11.0 Å². The molecule has 0 aliphatic carbocycles. The van der Waals surface area contributed by atoms with Crippen molar-refractivity contribution in [3.8, 4) is 0 Å². The summed E-state index contributed by atoms with van der Waals surface area (Å²) in [6.07, 6.45) is 0.523. The molecule has 0 saturated heterocycles. The molecule has 162 valence electrons. The van der Waals surface area contributed by atoms with E-state index in [0.717, 1.165) is 4.57 Å². The molecule has 0 aliphatic rings. The molecular weight excluding hydrogens is 431 g/mol. The predicted octanol–water partition coefficient (Wildman–Crippen LogP) is 2.87. The van der Waals surface area contributed by atoms with E-state index in [-0.39, 0.29) is 29.7 Å². The van der Waals surface area contributed by atoms with Crippen LogP contribution in [0.4, 0.5) is 4.39 Å². The highest BCUT2D eigenvalue weighted by Gasteiger charge is 2.22. The minimum absolute atomic E-state index is 0.00586. The molecule has 0 amide bonds. The fraction of sp³-hybridized carbons (Fsp3) is 0.450. The third kappa shape index (κ3) is 4.33. The van der Waals surface area contributed by atoms with Crippen molar-refractivity contribution >= 4 is 34.4 Å². The first-order valence-corrected chi connectivity index (χ1v) is 11.0. The van der Waals surface area contributed by atoms with Gasteiger partial charge < -0.3 is 5.11 Å². The summed E-state index contributed by atoms with van der Waals surface area (Å²) < 4.78 is 18.6. The Bertz CT molecular complexity index is 1190. The van der Waals surface area contributed by atoms with Crippen LogP contribution in [0.2, 0.25) is 5.02 Å². The van der Waals surface area contributed by atoms with E-state index in [0.29, 0.717) is 34.7 Å². The van der Waals surface area contributed by atoms with Gasteiger partial charge in [-0.25, -0.2) is 9.18 Å². The average molecular weight is 455 g/mol. The number of halogens is 2. The van der Waals surface area contributed by atoms with Crippen LogP contribution in [0.3, 0.4) is 0 Å². The first-order valence-electron chi connectivity index (χ1n) is 9.63. The summed E-state index contributed by atoms with van der Waals surface area (Å²) in [7, 11) is 1.44. The van der Waals surface area contributed by atoms with Crippen molar-refractivity contribution < 1.29 is 9.50 Å². The van der Waals surface area contributed by atoms with Gasteiger partial charge >= 0.3 is 5.69 Å². The van der Waals surface area contributed by atoms with Crippen molar-refractivity contribution in [3.63, 3.8) is 0 Å². The smallest absolute Gasteiger partial charge is 0.332 e. The maximum absolute atomic E-state index is 14.5. The summed E-state index contributed by atoms with van der Waals surface area (Å²) in [6, 6.07) is 4.72. The molecule has 30 heavy (non-hydrogen) atoms. The summed E-state index contributed by atoms with van der Waals surface area (Å²) >= 11 is 7.26. The number of aromatic nitrogens is 4. The molecule has 0 fully saturated rings. The molecule has 0 unspecified atom stereocenters. The van der Waals surface area contributed by atoms with Gasteiger partial charge in [0.05, 0.1) is 11.6 Å². The third-order valence-electron chi connectivity index (χ3n) is 4.62. The van der Waals surface area contributed by atoms with E-state index in [9.17, 15) is 14.0 Å². The number of fused-ring (bicyclic) bond motifs is 1. The third-order valence-corrected chi connectivity index (χ3v) is 6.09. The lowest BCUT2D eigenvalue weighted by atomic mass is 10.2. The first kappa shape index (κ1) is 22.6. The molecule has 2 heterocycles. The lowest BCUT2D eigenvalue weighted by Gasteiger charge is -2.10. The Morgan fingerprint density at radius 3 is 2.70 bits per heavy atom. The Labute approximate surface area is 182 Å². The molecule has 0 atom stereocenters. The molecule has 1 aromatic carbocycles. The predicted molar refractivity (Wildman–Crippen MR) is 117 cm³/mol. The molecule has 3 rings (SSSR count). The van der Waals surface area contributed by atoms with Crippen LogP contribution >= 0.6 is 23.4 Å². The molecule has 0 bridgehead atoms.